The van der Waals surface area contributed by atoms with Crippen molar-refractivity contribution in [2.45, 2.75) is 0 Å². The zero-order chi connectivity index (χ0) is 8.97. The summed E-state index contributed by atoms with van der Waals surface area (Å²) in [5.74, 6) is -0.430. The van der Waals surface area contributed by atoms with Gasteiger partial charge in [0.1, 0.15) is 12.1 Å². The van der Waals surface area contributed by atoms with E-state index in [-0.39, 0.29) is 0 Å². The summed E-state index contributed by atoms with van der Waals surface area (Å²) in [5.41, 5.74) is 0.353. The first-order valence-corrected chi connectivity index (χ1v) is 3.69. The first kappa shape index (κ1) is 8.94. The van der Waals surface area contributed by atoms with E-state index in [1.807, 2.05) is 0 Å². The third-order valence-electron chi connectivity index (χ3n) is 1.32. The number of allylic oxidation sites excluding steroid dienone is 1. The highest BCUT2D eigenvalue weighted by Crippen LogP contribution is 2.15. The quantitative estimate of drug-likeness (QED) is 0.510. The second kappa shape index (κ2) is 4.02. The van der Waals surface area contributed by atoms with Gasteiger partial charge in [-0.25, -0.2) is 4.39 Å². The van der Waals surface area contributed by atoms with E-state index in [1.165, 1.54) is 24.3 Å². The molecule has 0 atom stereocenters. The number of rotatable bonds is 2. The standard InChI is InChI=1S/C9H6ClFO/c10-8-4-3-7(2-1-5-12)9(11)6-8/h1-6H. The minimum Gasteiger partial charge on any atom is -0.299 e. The van der Waals surface area contributed by atoms with Gasteiger partial charge in [-0.3, -0.25) is 4.79 Å². The van der Waals surface area contributed by atoms with Gasteiger partial charge >= 0.3 is 0 Å². The minimum atomic E-state index is -0.430. The van der Waals surface area contributed by atoms with Crippen LogP contribution >= 0.6 is 11.6 Å². The Labute approximate surface area is 74.5 Å². The van der Waals surface area contributed by atoms with Gasteiger partial charge in [-0.1, -0.05) is 17.7 Å². The Morgan fingerprint density at radius 3 is 2.75 bits per heavy atom. The van der Waals surface area contributed by atoms with Crippen molar-refractivity contribution in [3.63, 3.8) is 0 Å². The summed E-state index contributed by atoms with van der Waals surface area (Å²) in [6.07, 6.45) is 3.21. The van der Waals surface area contributed by atoms with Crippen LogP contribution < -0.4 is 0 Å². The Morgan fingerprint density at radius 1 is 1.42 bits per heavy atom. The zero-order valence-electron chi connectivity index (χ0n) is 6.13. The maximum Gasteiger partial charge on any atom is 0.142 e. The molecule has 0 amide bonds. The SMILES string of the molecule is O=CC=Cc1ccc(Cl)cc1F. The molecule has 12 heavy (non-hydrogen) atoms. The van der Waals surface area contributed by atoms with Crippen LogP contribution in [-0.4, -0.2) is 6.29 Å². The molecule has 0 aromatic heterocycles. The van der Waals surface area contributed by atoms with Crippen molar-refractivity contribution in [3.05, 3.63) is 40.7 Å². The van der Waals surface area contributed by atoms with Crippen molar-refractivity contribution in [2.24, 2.45) is 0 Å². The highest BCUT2D eigenvalue weighted by molar-refractivity contribution is 6.30. The summed E-state index contributed by atoms with van der Waals surface area (Å²) in [7, 11) is 0. The number of hydrogen-bond donors (Lipinski definition) is 0. The van der Waals surface area contributed by atoms with E-state index in [0.29, 0.717) is 16.9 Å². The van der Waals surface area contributed by atoms with Crippen molar-refractivity contribution in [1.82, 2.24) is 0 Å². The van der Waals surface area contributed by atoms with Gasteiger partial charge in [0.2, 0.25) is 0 Å². The molecule has 0 unspecified atom stereocenters. The molecular formula is C9H6ClFO. The van der Waals surface area contributed by atoms with Crippen LogP contribution in [0.3, 0.4) is 0 Å². The molecular weight excluding hydrogens is 179 g/mol. The average molecular weight is 185 g/mol. The lowest BCUT2D eigenvalue weighted by Gasteiger charge is -1.95. The molecule has 1 aromatic rings. The fraction of sp³-hybridized carbons (Fsp3) is 0. The molecule has 1 rings (SSSR count). The van der Waals surface area contributed by atoms with Crippen LogP contribution in [0.4, 0.5) is 4.39 Å². The summed E-state index contributed by atoms with van der Waals surface area (Å²) in [4.78, 5) is 9.92. The molecule has 62 valence electrons. The number of benzene rings is 1. The monoisotopic (exact) mass is 184 g/mol. The molecule has 0 aliphatic carbocycles. The van der Waals surface area contributed by atoms with Gasteiger partial charge in [-0.15, -0.1) is 0 Å². The van der Waals surface area contributed by atoms with Gasteiger partial charge in [0, 0.05) is 10.6 Å². The molecule has 0 heterocycles. The van der Waals surface area contributed by atoms with Crippen LogP contribution in [0.5, 0.6) is 0 Å². The average Bonchev–Trinajstić information content (AvgIpc) is 2.03. The van der Waals surface area contributed by atoms with E-state index in [0.717, 1.165) is 0 Å². The van der Waals surface area contributed by atoms with Crippen LogP contribution in [0.15, 0.2) is 24.3 Å². The molecule has 3 heteroatoms. The molecule has 0 saturated heterocycles. The zero-order valence-corrected chi connectivity index (χ0v) is 6.88. The fourth-order valence-electron chi connectivity index (χ4n) is 0.780. The number of halogens is 2. The lowest BCUT2D eigenvalue weighted by Crippen LogP contribution is -1.80. The summed E-state index contributed by atoms with van der Waals surface area (Å²) >= 11 is 5.52. The molecule has 0 saturated carbocycles. The van der Waals surface area contributed by atoms with Gasteiger partial charge in [-0.2, -0.15) is 0 Å². The van der Waals surface area contributed by atoms with Crippen LogP contribution in [0.2, 0.25) is 5.02 Å². The van der Waals surface area contributed by atoms with E-state index in [9.17, 15) is 9.18 Å². The third kappa shape index (κ3) is 2.17. The van der Waals surface area contributed by atoms with Crippen LogP contribution in [0, 0.1) is 5.82 Å². The van der Waals surface area contributed by atoms with Crippen LogP contribution in [-0.2, 0) is 4.79 Å². The van der Waals surface area contributed by atoms with Gasteiger partial charge in [-0.05, 0) is 24.3 Å². The molecule has 1 nitrogen and oxygen atoms in total. The van der Waals surface area contributed by atoms with Crippen molar-refractivity contribution in [1.29, 1.82) is 0 Å². The molecule has 0 N–H and O–H groups in total. The number of hydrogen-bond acceptors (Lipinski definition) is 1. The molecule has 0 spiro atoms. The summed E-state index contributed by atoms with van der Waals surface area (Å²) in [6, 6.07) is 4.28. The second-order valence-corrected chi connectivity index (χ2v) is 2.60. The van der Waals surface area contributed by atoms with Crippen molar-refractivity contribution in [2.75, 3.05) is 0 Å². The number of carbonyl (C=O) groups is 1. The molecule has 0 bridgehead atoms. The summed E-state index contributed by atoms with van der Waals surface area (Å²) < 4.78 is 12.9. The highest BCUT2D eigenvalue weighted by Gasteiger charge is 1.97. The van der Waals surface area contributed by atoms with Crippen molar-refractivity contribution < 1.29 is 9.18 Å². The van der Waals surface area contributed by atoms with Gasteiger partial charge < -0.3 is 0 Å². The maximum atomic E-state index is 12.9. The topological polar surface area (TPSA) is 17.1 Å². The first-order valence-electron chi connectivity index (χ1n) is 3.31. The Bertz CT molecular complexity index is 320. The Morgan fingerprint density at radius 2 is 2.17 bits per heavy atom. The largest absolute Gasteiger partial charge is 0.299 e. The van der Waals surface area contributed by atoms with Gasteiger partial charge in [0.15, 0.2) is 0 Å². The third-order valence-corrected chi connectivity index (χ3v) is 1.55. The summed E-state index contributed by atoms with van der Waals surface area (Å²) in [6.45, 7) is 0. The minimum absolute atomic E-state index is 0.343. The van der Waals surface area contributed by atoms with E-state index in [2.05, 4.69) is 0 Å². The Hall–Kier alpha value is -1.15. The Balaban J connectivity index is 3.01. The lowest BCUT2D eigenvalue weighted by molar-refractivity contribution is -0.104. The maximum absolute atomic E-state index is 12.9. The van der Waals surface area contributed by atoms with E-state index in [4.69, 9.17) is 11.6 Å². The smallest absolute Gasteiger partial charge is 0.142 e. The normalized spacial score (nSPS) is 10.5. The van der Waals surface area contributed by atoms with Crippen molar-refractivity contribution >= 4 is 24.0 Å². The predicted octanol–water partition coefficient (Wildman–Crippen LogP) is 2.69. The highest BCUT2D eigenvalue weighted by atomic mass is 35.5. The molecule has 0 aliphatic rings. The molecule has 1 aromatic carbocycles. The summed E-state index contributed by atoms with van der Waals surface area (Å²) in [5, 5.41) is 0.343. The molecule has 0 radical (unpaired) electrons. The van der Waals surface area contributed by atoms with Crippen LogP contribution in [0.1, 0.15) is 5.56 Å². The van der Waals surface area contributed by atoms with Crippen LogP contribution in [0.25, 0.3) is 6.08 Å². The van der Waals surface area contributed by atoms with Gasteiger partial charge in [0.05, 0.1) is 0 Å². The second-order valence-electron chi connectivity index (χ2n) is 2.16. The molecule has 0 fully saturated rings. The first-order chi connectivity index (χ1) is 5.74. The van der Waals surface area contributed by atoms with E-state index >= 15 is 0 Å². The Kier molecular flexibility index (Phi) is 3.00. The molecule has 0 aliphatic heterocycles. The van der Waals surface area contributed by atoms with E-state index < -0.39 is 5.82 Å². The van der Waals surface area contributed by atoms with Crippen molar-refractivity contribution in [3.8, 4) is 0 Å². The number of aldehydes is 1. The lowest BCUT2D eigenvalue weighted by atomic mass is 10.2. The predicted molar refractivity (Wildman–Crippen MR) is 46.5 cm³/mol. The number of carbonyl (C=O) groups excluding carboxylic acids is 1. The van der Waals surface area contributed by atoms with Gasteiger partial charge in [0.25, 0.3) is 0 Å². The van der Waals surface area contributed by atoms with E-state index in [1.54, 1.807) is 6.07 Å². The fourth-order valence-corrected chi connectivity index (χ4v) is 0.938.